The molecule has 3 heterocycles. The molecule has 4 aromatic rings. The Balaban J connectivity index is 0.00000141. The number of nitriles is 1. The van der Waals surface area contributed by atoms with Gasteiger partial charge in [0.25, 0.3) is 5.91 Å². The van der Waals surface area contributed by atoms with E-state index in [1.807, 2.05) is 44.2 Å². The van der Waals surface area contributed by atoms with Crippen LogP contribution in [0.1, 0.15) is 48.4 Å². The molecule has 0 radical (unpaired) electrons. The highest BCUT2D eigenvalue weighted by atomic mass is 16.3. The minimum absolute atomic E-state index is 0.199. The van der Waals surface area contributed by atoms with Gasteiger partial charge in [-0.1, -0.05) is 13.8 Å². The van der Waals surface area contributed by atoms with E-state index in [-0.39, 0.29) is 5.76 Å². The highest BCUT2D eigenvalue weighted by Gasteiger charge is 2.18. The van der Waals surface area contributed by atoms with E-state index in [0.717, 1.165) is 68.6 Å². The third kappa shape index (κ3) is 5.50. The van der Waals surface area contributed by atoms with E-state index in [2.05, 4.69) is 33.1 Å². The number of nitrogens with one attached hydrogen (secondary N) is 1. The maximum atomic E-state index is 11.4. The molecule has 182 valence electrons. The summed E-state index contributed by atoms with van der Waals surface area (Å²) in [4.78, 5) is 19.6. The number of nitrogens with zero attached hydrogens (tertiary/aromatic N) is 3. The Hall–Kier alpha value is -3.76. The average Bonchev–Trinajstić information content (AvgIpc) is 3.51. The fourth-order valence-corrected chi connectivity index (χ4v) is 4.68. The van der Waals surface area contributed by atoms with E-state index in [1.165, 1.54) is 10.9 Å². The summed E-state index contributed by atoms with van der Waals surface area (Å²) in [6, 6.07) is 15.8. The van der Waals surface area contributed by atoms with Crippen molar-refractivity contribution in [1.82, 2.24) is 9.88 Å². The number of piperazine rings is 1. The van der Waals surface area contributed by atoms with Crippen molar-refractivity contribution in [3.63, 3.8) is 0 Å². The van der Waals surface area contributed by atoms with Crippen LogP contribution in [0.4, 0.5) is 5.69 Å². The summed E-state index contributed by atoms with van der Waals surface area (Å²) in [6.07, 6.45) is 5.38. The minimum atomic E-state index is -0.544. The molecule has 1 saturated heterocycles. The number of nitrogens with two attached hydrogens (primary N) is 1. The van der Waals surface area contributed by atoms with Crippen molar-refractivity contribution in [3.05, 3.63) is 65.5 Å². The van der Waals surface area contributed by atoms with Gasteiger partial charge in [0.1, 0.15) is 5.58 Å². The monoisotopic (exact) mass is 471 g/mol. The maximum absolute atomic E-state index is 11.4. The molecule has 1 aliphatic rings. The number of hydrogen-bond acceptors (Lipinski definition) is 5. The molecule has 0 aliphatic carbocycles. The molecule has 0 spiro atoms. The molecule has 1 aliphatic heterocycles. The quantitative estimate of drug-likeness (QED) is 0.367. The number of carbonyl (C=O) groups excluding carboxylic acids is 1. The number of furan rings is 1. The molecule has 1 amide bonds. The van der Waals surface area contributed by atoms with E-state index in [0.29, 0.717) is 11.1 Å². The SMILES string of the molecule is CC.N#Cc1ccc2[nH]cc(CCCCN3CCN(c4ccc5oc(C(N)=O)cc5c4)CC3)c2c1. The Bertz CT molecular complexity index is 1340. The molecule has 35 heavy (non-hydrogen) atoms. The zero-order valence-corrected chi connectivity index (χ0v) is 20.5. The summed E-state index contributed by atoms with van der Waals surface area (Å²) in [5.74, 6) is -0.344. The van der Waals surface area contributed by atoms with Crippen LogP contribution < -0.4 is 10.6 Å². The van der Waals surface area contributed by atoms with Crippen molar-refractivity contribution in [2.45, 2.75) is 33.1 Å². The van der Waals surface area contributed by atoms with Crippen molar-refractivity contribution < 1.29 is 9.21 Å². The largest absolute Gasteiger partial charge is 0.451 e. The number of benzene rings is 2. The van der Waals surface area contributed by atoms with Gasteiger partial charge in [-0.05, 0) is 73.8 Å². The van der Waals surface area contributed by atoms with Gasteiger partial charge in [-0.25, -0.2) is 0 Å². The fraction of sp³-hybridized carbons (Fsp3) is 0.357. The van der Waals surface area contributed by atoms with Crippen LogP contribution in [-0.4, -0.2) is 48.5 Å². The third-order valence-corrected chi connectivity index (χ3v) is 6.55. The molecule has 2 aromatic heterocycles. The zero-order chi connectivity index (χ0) is 24.8. The lowest BCUT2D eigenvalue weighted by atomic mass is 10.1. The van der Waals surface area contributed by atoms with Crippen LogP contribution in [0, 0.1) is 11.3 Å². The second kappa shape index (κ2) is 11.1. The molecule has 7 nitrogen and oxygen atoms in total. The number of rotatable bonds is 7. The molecule has 0 bridgehead atoms. The Morgan fingerprint density at radius 3 is 2.63 bits per heavy atom. The first-order valence-corrected chi connectivity index (χ1v) is 12.4. The van der Waals surface area contributed by atoms with Crippen LogP contribution >= 0.6 is 0 Å². The summed E-state index contributed by atoms with van der Waals surface area (Å²) >= 11 is 0. The smallest absolute Gasteiger partial charge is 0.284 e. The second-order valence-corrected chi connectivity index (χ2v) is 8.67. The second-order valence-electron chi connectivity index (χ2n) is 8.67. The molecular weight excluding hydrogens is 438 g/mol. The first-order valence-electron chi connectivity index (χ1n) is 12.4. The molecule has 0 atom stereocenters. The van der Waals surface area contributed by atoms with Crippen LogP contribution in [0.5, 0.6) is 0 Å². The standard InChI is InChI=1S/C26H27N5O2.C2H6/c27-16-18-4-6-23-22(13-18)19(17-29-23)3-1-2-8-30-9-11-31(12-10-30)21-5-7-24-20(14-21)15-25(33-24)26(28)32;1-2/h4-7,13-15,17,29H,1-3,8-12H2,(H2,28,32);1-2H3. The van der Waals surface area contributed by atoms with Gasteiger partial charge in [-0.15, -0.1) is 0 Å². The van der Waals surface area contributed by atoms with Crippen molar-refractivity contribution in [1.29, 1.82) is 5.26 Å². The number of hydrogen-bond donors (Lipinski definition) is 2. The lowest BCUT2D eigenvalue weighted by Crippen LogP contribution is -2.46. The normalized spacial score (nSPS) is 14.0. The lowest BCUT2D eigenvalue weighted by molar-refractivity contribution is 0.0976. The van der Waals surface area contributed by atoms with Crippen molar-refractivity contribution >= 4 is 33.5 Å². The van der Waals surface area contributed by atoms with Crippen molar-refractivity contribution in [2.75, 3.05) is 37.6 Å². The Morgan fingerprint density at radius 1 is 1.09 bits per heavy atom. The summed E-state index contributed by atoms with van der Waals surface area (Å²) in [5, 5.41) is 11.2. The number of primary amides is 1. The van der Waals surface area contributed by atoms with E-state index in [1.54, 1.807) is 6.07 Å². The molecular formula is C28H33N5O2. The predicted molar refractivity (Wildman–Crippen MR) is 141 cm³/mol. The Morgan fingerprint density at radius 2 is 1.89 bits per heavy atom. The summed E-state index contributed by atoms with van der Waals surface area (Å²) in [7, 11) is 0. The number of unbranched alkanes of at least 4 members (excludes halogenated alkanes) is 1. The minimum Gasteiger partial charge on any atom is -0.451 e. The maximum Gasteiger partial charge on any atom is 0.284 e. The molecule has 2 aromatic carbocycles. The number of carbonyl (C=O) groups is 1. The summed E-state index contributed by atoms with van der Waals surface area (Å²) < 4.78 is 5.49. The van der Waals surface area contributed by atoms with Crippen molar-refractivity contribution in [2.24, 2.45) is 5.73 Å². The Kier molecular flexibility index (Phi) is 7.74. The highest BCUT2D eigenvalue weighted by molar-refractivity contribution is 5.95. The number of aromatic nitrogens is 1. The Labute approximate surface area is 206 Å². The van der Waals surface area contributed by atoms with Gasteiger partial charge in [-0.3, -0.25) is 9.69 Å². The molecule has 0 unspecified atom stereocenters. The fourth-order valence-electron chi connectivity index (χ4n) is 4.68. The number of fused-ring (bicyclic) bond motifs is 2. The summed E-state index contributed by atoms with van der Waals surface area (Å²) in [5.41, 5.74) is 10.3. The third-order valence-electron chi connectivity index (χ3n) is 6.55. The number of anilines is 1. The molecule has 0 saturated carbocycles. The number of aryl methyl sites for hydroxylation is 1. The van der Waals surface area contributed by atoms with E-state index < -0.39 is 5.91 Å². The van der Waals surface area contributed by atoms with E-state index >= 15 is 0 Å². The molecule has 3 N–H and O–H groups in total. The van der Waals surface area contributed by atoms with Crippen LogP contribution in [0.3, 0.4) is 0 Å². The van der Waals surface area contributed by atoms with Gasteiger partial charge in [0.2, 0.25) is 0 Å². The number of amides is 1. The van der Waals surface area contributed by atoms with Gasteiger partial charge >= 0.3 is 0 Å². The first-order chi connectivity index (χ1) is 17.1. The summed E-state index contributed by atoms with van der Waals surface area (Å²) in [6.45, 7) is 9.13. The van der Waals surface area contributed by atoms with Crippen LogP contribution in [0.15, 0.2) is 53.1 Å². The van der Waals surface area contributed by atoms with E-state index in [9.17, 15) is 4.79 Å². The van der Waals surface area contributed by atoms with Crippen molar-refractivity contribution in [3.8, 4) is 6.07 Å². The number of H-pyrrole nitrogens is 1. The lowest BCUT2D eigenvalue weighted by Gasteiger charge is -2.36. The van der Waals surface area contributed by atoms with Crippen LogP contribution in [0.2, 0.25) is 0 Å². The topological polar surface area (TPSA) is 102 Å². The number of aromatic amines is 1. The average molecular weight is 472 g/mol. The highest BCUT2D eigenvalue weighted by Crippen LogP contribution is 2.26. The van der Waals surface area contributed by atoms with Gasteiger partial charge in [0.15, 0.2) is 5.76 Å². The van der Waals surface area contributed by atoms with Crippen LogP contribution in [0.25, 0.3) is 21.9 Å². The molecule has 7 heteroatoms. The van der Waals surface area contributed by atoms with Crippen LogP contribution in [-0.2, 0) is 6.42 Å². The molecule has 5 rings (SSSR count). The van der Waals surface area contributed by atoms with Gasteiger partial charge in [0.05, 0.1) is 11.6 Å². The van der Waals surface area contributed by atoms with Gasteiger partial charge < -0.3 is 20.0 Å². The van der Waals surface area contributed by atoms with E-state index in [4.69, 9.17) is 15.4 Å². The zero-order valence-electron chi connectivity index (χ0n) is 20.5. The van der Waals surface area contributed by atoms with Gasteiger partial charge in [-0.2, -0.15) is 5.26 Å². The predicted octanol–water partition coefficient (Wildman–Crippen LogP) is 5.06. The van der Waals surface area contributed by atoms with Gasteiger partial charge in [0, 0.05) is 54.4 Å². The molecule has 1 fully saturated rings. The first kappa shape index (κ1) is 24.4.